The summed E-state index contributed by atoms with van der Waals surface area (Å²) in [7, 11) is 1.32. The van der Waals surface area contributed by atoms with Crippen LogP contribution >= 0.6 is 0 Å². The predicted molar refractivity (Wildman–Crippen MR) is 140 cm³/mol. The third kappa shape index (κ3) is 11.0. The summed E-state index contributed by atoms with van der Waals surface area (Å²) >= 11 is 0. The fraction of sp³-hybridized carbons (Fsp3) is 0.517. The first-order valence-electron chi connectivity index (χ1n) is 12.1. The Bertz CT molecular complexity index is 925. The number of aromatic hydroxyl groups is 1. The third-order valence-electron chi connectivity index (χ3n) is 5.99. The summed E-state index contributed by atoms with van der Waals surface area (Å²) in [5.41, 5.74) is 2.05. The molecule has 1 rings (SSSR count). The Balaban J connectivity index is 2.65. The summed E-state index contributed by atoms with van der Waals surface area (Å²) in [6, 6.07) is 4.67. The minimum Gasteiger partial charge on any atom is -0.508 e. The molecule has 0 radical (unpaired) electrons. The fourth-order valence-corrected chi connectivity index (χ4v) is 3.70. The van der Waals surface area contributed by atoms with Crippen LogP contribution in [0.5, 0.6) is 11.5 Å². The first-order chi connectivity index (χ1) is 16.4. The molecule has 194 valence electrons. The zero-order valence-electron chi connectivity index (χ0n) is 22.1. The van der Waals surface area contributed by atoms with Crippen molar-refractivity contribution in [3.05, 3.63) is 59.7 Å². The van der Waals surface area contributed by atoms with E-state index in [0.717, 1.165) is 31.3 Å². The molecule has 6 heteroatoms. The van der Waals surface area contributed by atoms with Crippen LogP contribution in [0.1, 0.15) is 72.3 Å². The van der Waals surface area contributed by atoms with Gasteiger partial charge in [0.05, 0.1) is 13.5 Å². The summed E-state index contributed by atoms with van der Waals surface area (Å²) in [5.74, 6) is -0.174. The molecule has 0 bridgehead atoms. The highest BCUT2D eigenvalue weighted by Gasteiger charge is 2.24. The number of phenolic OH excluding ortho intramolecular Hbond substituents is 1. The Labute approximate surface area is 210 Å². The number of ketones is 1. The zero-order chi connectivity index (χ0) is 26.6. The molecule has 2 unspecified atom stereocenters. The molecule has 2 N–H and O–H groups in total. The second-order valence-corrected chi connectivity index (χ2v) is 9.64. The van der Waals surface area contributed by atoms with Crippen molar-refractivity contribution in [2.45, 2.75) is 84.8 Å². The van der Waals surface area contributed by atoms with Crippen LogP contribution in [0.3, 0.4) is 0 Å². The largest absolute Gasteiger partial charge is 0.508 e. The lowest BCUT2D eigenvalue weighted by Crippen LogP contribution is -2.30. The number of Topliss-reactive ketones (excluding diaryl/α,β-unsaturated/α-hetero) is 1. The van der Waals surface area contributed by atoms with Crippen LogP contribution in [0.25, 0.3) is 0 Å². The number of benzene rings is 1. The van der Waals surface area contributed by atoms with Crippen molar-refractivity contribution in [3.63, 3.8) is 0 Å². The molecule has 0 aromatic heterocycles. The third-order valence-corrected chi connectivity index (χ3v) is 5.99. The van der Waals surface area contributed by atoms with E-state index in [-0.39, 0.29) is 23.9 Å². The van der Waals surface area contributed by atoms with Crippen LogP contribution in [0.2, 0.25) is 0 Å². The molecule has 0 aliphatic heterocycles. The molecule has 0 amide bonds. The molecule has 0 saturated heterocycles. The van der Waals surface area contributed by atoms with Gasteiger partial charge in [0.1, 0.15) is 23.2 Å². The van der Waals surface area contributed by atoms with Gasteiger partial charge >= 0.3 is 5.97 Å². The number of allylic oxidation sites excluding steroid dienone is 3. The summed E-state index contributed by atoms with van der Waals surface area (Å²) in [6.45, 7) is 13.5. The Morgan fingerprint density at radius 1 is 1.23 bits per heavy atom. The monoisotopic (exact) mass is 486 g/mol. The molecule has 1 aromatic rings. The Morgan fingerprint density at radius 3 is 2.51 bits per heavy atom. The van der Waals surface area contributed by atoms with Gasteiger partial charge < -0.3 is 19.7 Å². The normalized spacial score (nSPS) is 14.9. The van der Waals surface area contributed by atoms with Crippen LogP contribution in [0.15, 0.2) is 54.2 Å². The van der Waals surface area contributed by atoms with Gasteiger partial charge in [-0.1, -0.05) is 36.8 Å². The van der Waals surface area contributed by atoms with Crippen LogP contribution in [-0.4, -0.2) is 40.8 Å². The van der Waals surface area contributed by atoms with E-state index >= 15 is 0 Å². The number of methoxy groups -OCH3 is 1. The molecule has 35 heavy (non-hydrogen) atoms. The Morgan fingerprint density at radius 2 is 1.91 bits per heavy atom. The first kappa shape index (κ1) is 30.2. The van der Waals surface area contributed by atoms with Crippen LogP contribution in [0, 0.1) is 5.92 Å². The maximum Gasteiger partial charge on any atom is 0.310 e. The topological polar surface area (TPSA) is 93.1 Å². The van der Waals surface area contributed by atoms with Gasteiger partial charge in [-0.25, -0.2) is 0 Å². The summed E-state index contributed by atoms with van der Waals surface area (Å²) in [4.78, 5) is 24.0. The van der Waals surface area contributed by atoms with E-state index < -0.39 is 17.7 Å². The van der Waals surface area contributed by atoms with Gasteiger partial charge in [0, 0.05) is 11.5 Å². The molecular formula is C29H42O6. The number of carbonyl (C=O) groups is 2. The molecule has 0 aliphatic carbocycles. The molecule has 3 atom stereocenters. The molecule has 6 nitrogen and oxygen atoms in total. The second kappa shape index (κ2) is 14.5. The molecule has 1 aromatic carbocycles. The lowest BCUT2D eigenvalue weighted by molar-refractivity contribution is -0.139. The van der Waals surface area contributed by atoms with E-state index in [0.29, 0.717) is 17.7 Å². The van der Waals surface area contributed by atoms with Gasteiger partial charge in [0.25, 0.3) is 0 Å². The predicted octanol–water partition coefficient (Wildman–Crippen LogP) is 5.86. The van der Waals surface area contributed by atoms with Crippen LogP contribution in [0.4, 0.5) is 0 Å². The van der Waals surface area contributed by atoms with Crippen LogP contribution in [-0.2, 0) is 20.7 Å². The maximum atomic E-state index is 12.3. The molecule has 0 saturated carbocycles. The van der Waals surface area contributed by atoms with E-state index in [2.05, 4.69) is 19.6 Å². The van der Waals surface area contributed by atoms with Gasteiger partial charge in [-0.3, -0.25) is 9.59 Å². The number of phenols is 1. The number of hydrogen-bond acceptors (Lipinski definition) is 6. The maximum absolute atomic E-state index is 12.3. The number of carbonyl (C=O) groups excluding carboxylic acids is 2. The number of esters is 1. The van der Waals surface area contributed by atoms with E-state index in [1.54, 1.807) is 18.2 Å². The van der Waals surface area contributed by atoms with Crippen molar-refractivity contribution >= 4 is 11.8 Å². The van der Waals surface area contributed by atoms with Crippen LogP contribution < -0.4 is 4.74 Å². The Kier molecular flexibility index (Phi) is 12.5. The van der Waals surface area contributed by atoms with Crippen molar-refractivity contribution in [2.24, 2.45) is 5.92 Å². The second-order valence-electron chi connectivity index (χ2n) is 9.64. The molecule has 0 fully saturated rings. The van der Waals surface area contributed by atoms with Crippen molar-refractivity contribution in [1.29, 1.82) is 0 Å². The van der Waals surface area contributed by atoms with E-state index in [4.69, 9.17) is 9.47 Å². The van der Waals surface area contributed by atoms with Crippen molar-refractivity contribution in [3.8, 4) is 11.5 Å². The highest BCUT2D eigenvalue weighted by Crippen LogP contribution is 2.30. The number of aliphatic hydroxyl groups excluding tert-OH is 1. The summed E-state index contributed by atoms with van der Waals surface area (Å²) < 4.78 is 11.0. The smallest absolute Gasteiger partial charge is 0.310 e. The summed E-state index contributed by atoms with van der Waals surface area (Å²) in [5, 5.41) is 19.8. The SMILES string of the molecule is C=CC(C)(CC/C=C(\C)CCCC(C)C(=O)[C@@H](O)C=C(C)C)Oc1ccc(O)cc1CC(=O)OC. The van der Waals surface area contributed by atoms with Gasteiger partial charge in [-0.15, -0.1) is 0 Å². The quantitative estimate of drug-likeness (QED) is 0.238. The summed E-state index contributed by atoms with van der Waals surface area (Å²) in [6.07, 6.45) is 8.41. The standard InChI is InChI=1S/C29H42O6/c1-8-29(6,35-26-15-14-24(30)18-23(26)19-27(32)34-7)16-10-12-21(4)11-9-13-22(5)28(33)25(31)17-20(2)3/h8,12,14-15,17-18,22,25,30-31H,1,9-11,13,16,19H2,2-7H3/b21-12+/t22?,25-,29?/m0/s1. The number of rotatable bonds is 15. The molecule has 0 heterocycles. The zero-order valence-corrected chi connectivity index (χ0v) is 22.1. The van der Waals surface area contributed by atoms with E-state index in [9.17, 15) is 19.8 Å². The van der Waals surface area contributed by atoms with E-state index in [1.165, 1.54) is 24.8 Å². The van der Waals surface area contributed by atoms with Crippen molar-refractivity contribution in [1.82, 2.24) is 0 Å². The fourth-order valence-electron chi connectivity index (χ4n) is 3.70. The average Bonchev–Trinajstić information content (AvgIpc) is 2.79. The minimum absolute atomic E-state index is 0.00123. The number of hydrogen-bond donors (Lipinski definition) is 2. The van der Waals surface area contributed by atoms with Gasteiger partial charge in [0.2, 0.25) is 0 Å². The molecule has 0 spiro atoms. The number of aliphatic hydroxyl groups is 1. The number of ether oxygens (including phenoxy) is 2. The van der Waals surface area contributed by atoms with Crippen molar-refractivity contribution < 1.29 is 29.3 Å². The van der Waals surface area contributed by atoms with E-state index in [1.807, 2.05) is 27.7 Å². The van der Waals surface area contributed by atoms with Gasteiger partial charge in [-0.2, -0.15) is 0 Å². The molecular weight excluding hydrogens is 444 g/mol. The first-order valence-corrected chi connectivity index (χ1v) is 12.1. The van der Waals surface area contributed by atoms with Gasteiger partial charge in [-0.05, 0) is 84.1 Å². The minimum atomic E-state index is -1.02. The highest BCUT2D eigenvalue weighted by atomic mass is 16.5. The average molecular weight is 487 g/mol. The Hall–Kier alpha value is -2.86. The lowest BCUT2D eigenvalue weighted by Gasteiger charge is -2.28. The lowest BCUT2D eigenvalue weighted by atomic mass is 9.93. The molecule has 0 aliphatic rings. The highest BCUT2D eigenvalue weighted by molar-refractivity contribution is 5.86. The van der Waals surface area contributed by atoms with Crippen molar-refractivity contribution in [2.75, 3.05) is 7.11 Å². The van der Waals surface area contributed by atoms with Gasteiger partial charge in [0.15, 0.2) is 5.78 Å².